The molecule has 2 saturated heterocycles. The van der Waals surface area contributed by atoms with Crippen LogP contribution >= 0.6 is 0 Å². The molecule has 0 spiro atoms. The van der Waals surface area contributed by atoms with Gasteiger partial charge in [-0.05, 0) is 57.1 Å². The molecule has 42 heavy (non-hydrogen) atoms. The number of carbonyl (C=O) groups excluding carboxylic acids is 1. The maximum Gasteiger partial charge on any atom is 0.306 e. The molecule has 8 unspecified atom stereocenters. The van der Waals surface area contributed by atoms with Crippen LogP contribution in [0.4, 0.5) is 0 Å². The summed E-state index contributed by atoms with van der Waals surface area (Å²) in [5.74, 6) is 5.58. The van der Waals surface area contributed by atoms with Crippen LogP contribution in [-0.2, 0) is 33.2 Å². The van der Waals surface area contributed by atoms with Crippen LogP contribution in [0.1, 0.15) is 64.2 Å². The molecule has 2 aliphatic heterocycles. The Labute approximate surface area is 248 Å². The summed E-state index contributed by atoms with van der Waals surface area (Å²) in [6, 6.07) is 9.53. The minimum atomic E-state index is -0.998. The van der Waals surface area contributed by atoms with Crippen molar-refractivity contribution >= 4 is 5.97 Å². The van der Waals surface area contributed by atoms with E-state index in [1.807, 2.05) is 30.3 Å². The van der Waals surface area contributed by atoms with E-state index < -0.39 is 36.4 Å². The topological polar surface area (TPSA) is 122 Å². The molecular formula is C32H46O10. The highest BCUT2D eigenvalue weighted by atomic mass is 16.7. The standard InChI is InChI=1S/C32H46O10/c1-36-29(35)14-6-5-11-23(33)19-26-27(34)20-28(42-31-16-8-10-18-38-31)32(26)40-22-25(41-30-15-7-9-17-37-30)21-39-24-12-3-2-4-13-24/h2-4,12-13,23,25-28,30-34H,6-10,14-22H2,1H3. The van der Waals surface area contributed by atoms with E-state index in [2.05, 4.69) is 16.6 Å². The van der Waals surface area contributed by atoms with Crippen LogP contribution < -0.4 is 4.74 Å². The van der Waals surface area contributed by atoms with Crippen LogP contribution in [0.15, 0.2) is 30.3 Å². The second-order valence-electron chi connectivity index (χ2n) is 11.1. The molecule has 1 aromatic carbocycles. The number of esters is 1. The zero-order valence-electron chi connectivity index (χ0n) is 24.6. The van der Waals surface area contributed by atoms with E-state index in [1.54, 1.807) is 0 Å². The van der Waals surface area contributed by atoms with Gasteiger partial charge in [-0.1, -0.05) is 30.0 Å². The molecule has 8 atom stereocenters. The number of rotatable bonds is 14. The number of hydrogen-bond acceptors (Lipinski definition) is 10. The highest BCUT2D eigenvalue weighted by Crippen LogP contribution is 2.36. The third kappa shape index (κ3) is 10.8. The molecule has 4 rings (SSSR count). The number of carbonyl (C=O) groups is 1. The Morgan fingerprint density at radius 2 is 1.79 bits per heavy atom. The lowest BCUT2D eigenvalue weighted by molar-refractivity contribution is -0.226. The predicted octanol–water partition coefficient (Wildman–Crippen LogP) is 3.36. The van der Waals surface area contributed by atoms with Gasteiger partial charge in [0.15, 0.2) is 12.6 Å². The minimum absolute atomic E-state index is 0.155. The molecule has 0 radical (unpaired) electrons. The summed E-state index contributed by atoms with van der Waals surface area (Å²) in [5.41, 5.74) is 0. The van der Waals surface area contributed by atoms with Crippen molar-refractivity contribution in [2.45, 2.75) is 107 Å². The second-order valence-corrected chi connectivity index (χ2v) is 11.1. The maximum atomic E-state index is 11.3. The molecule has 0 amide bonds. The normalized spacial score (nSPS) is 29.2. The van der Waals surface area contributed by atoms with E-state index in [0.717, 1.165) is 44.3 Å². The number of ether oxygens (including phenoxy) is 7. The van der Waals surface area contributed by atoms with Crippen LogP contribution in [0.5, 0.6) is 5.75 Å². The SMILES string of the molecule is COC(=O)CCC#CC(O)CC1C(O)CC(OC2CCCCO2)C1OCC(COc1ccccc1)OC1CCCCO1. The lowest BCUT2D eigenvalue weighted by Crippen LogP contribution is -2.41. The van der Waals surface area contributed by atoms with Gasteiger partial charge in [-0.2, -0.15) is 0 Å². The monoisotopic (exact) mass is 590 g/mol. The van der Waals surface area contributed by atoms with Crippen LogP contribution in [-0.4, -0.2) is 92.8 Å². The summed E-state index contributed by atoms with van der Waals surface area (Å²) < 4.78 is 41.4. The average molecular weight is 591 g/mol. The number of benzene rings is 1. The molecule has 3 fully saturated rings. The van der Waals surface area contributed by atoms with Crippen LogP contribution in [0.2, 0.25) is 0 Å². The first-order valence-electron chi connectivity index (χ1n) is 15.3. The smallest absolute Gasteiger partial charge is 0.306 e. The van der Waals surface area contributed by atoms with Crippen LogP contribution in [0.25, 0.3) is 0 Å². The van der Waals surface area contributed by atoms with E-state index in [4.69, 9.17) is 28.4 Å². The fourth-order valence-electron chi connectivity index (χ4n) is 5.57. The third-order valence-electron chi connectivity index (χ3n) is 7.80. The Hall–Kier alpha value is -2.23. The van der Waals surface area contributed by atoms with E-state index in [0.29, 0.717) is 19.6 Å². The Morgan fingerprint density at radius 3 is 2.48 bits per heavy atom. The van der Waals surface area contributed by atoms with Crippen molar-refractivity contribution in [3.8, 4) is 17.6 Å². The number of aliphatic hydroxyl groups is 2. The molecular weight excluding hydrogens is 544 g/mol. The molecule has 10 heteroatoms. The van der Waals surface area contributed by atoms with Crippen molar-refractivity contribution < 1.29 is 48.2 Å². The van der Waals surface area contributed by atoms with Gasteiger partial charge in [-0.25, -0.2) is 0 Å². The van der Waals surface area contributed by atoms with Gasteiger partial charge in [0.2, 0.25) is 0 Å². The lowest BCUT2D eigenvalue weighted by Gasteiger charge is -2.32. The van der Waals surface area contributed by atoms with Gasteiger partial charge >= 0.3 is 5.97 Å². The molecule has 0 aromatic heterocycles. The van der Waals surface area contributed by atoms with Gasteiger partial charge in [-0.15, -0.1) is 0 Å². The molecule has 1 aromatic rings. The zero-order chi connectivity index (χ0) is 29.6. The summed E-state index contributed by atoms with van der Waals surface area (Å²) in [7, 11) is 1.33. The number of hydrogen-bond donors (Lipinski definition) is 2. The Morgan fingerprint density at radius 1 is 1.05 bits per heavy atom. The molecule has 234 valence electrons. The molecule has 2 heterocycles. The zero-order valence-corrected chi connectivity index (χ0v) is 24.6. The van der Waals surface area contributed by atoms with E-state index in [9.17, 15) is 15.0 Å². The first-order valence-corrected chi connectivity index (χ1v) is 15.3. The lowest BCUT2D eigenvalue weighted by atomic mass is 9.95. The molecule has 10 nitrogen and oxygen atoms in total. The molecule has 3 aliphatic rings. The Balaban J connectivity index is 1.42. The first kappa shape index (κ1) is 32.7. The van der Waals surface area contributed by atoms with Crippen LogP contribution in [0, 0.1) is 17.8 Å². The summed E-state index contributed by atoms with van der Waals surface area (Å²) in [6.07, 6.45) is 2.83. The summed E-state index contributed by atoms with van der Waals surface area (Å²) >= 11 is 0. The second kappa shape index (κ2) is 17.8. The summed E-state index contributed by atoms with van der Waals surface area (Å²) in [5, 5.41) is 21.8. The molecule has 1 saturated carbocycles. The molecule has 1 aliphatic carbocycles. The fourth-order valence-corrected chi connectivity index (χ4v) is 5.57. The highest BCUT2D eigenvalue weighted by molar-refractivity contribution is 5.69. The van der Waals surface area contributed by atoms with Crippen molar-refractivity contribution in [3.05, 3.63) is 30.3 Å². The number of methoxy groups -OCH3 is 1. The molecule has 0 bridgehead atoms. The van der Waals surface area contributed by atoms with Gasteiger partial charge in [0, 0.05) is 32.0 Å². The predicted molar refractivity (Wildman–Crippen MR) is 152 cm³/mol. The van der Waals surface area contributed by atoms with Gasteiger partial charge < -0.3 is 43.4 Å². The van der Waals surface area contributed by atoms with Crippen molar-refractivity contribution in [2.24, 2.45) is 5.92 Å². The third-order valence-corrected chi connectivity index (χ3v) is 7.80. The Kier molecular flexibility index (Phi) is 13.8. The first-order chi connectivity index (χ1) is 20.5. The fraction of sp³-hybridized carbons (Fsp3) is 0.719. The Bertz CT molecular complexity index is 967. The van der Waals surface area contributed by atoms with Crippen molar-refractivity contribution in [3.63, 3.8) is 0 Å². The summed E-state index contributed by atoms with van der Waals surface area (Å²) in [4.78, 5) is 11.3. The van der Waals surface area contributed by atoms with E-state index >= 15 is 0 Å². The minimum Gasteiger partial charge on any atom is -0.491 e. The number of para-hydroxylation sites is 1. The van der Waals surface area contributed by atoms with Crippen molar-refractivity contribution in [2.75, 3.05) is 33.5 Å². The van der Waals surface area contributed by atoms with Gasteiger partial charge in [0.05, 0.1) is 38.4 Å². The maximum absolute atomic E-state index is 11.3. The highest BCUT2D eigenvalue weighted by Gasteiger charge is 2.46. The number of aliphatic hydroxyl groups excluding tert-OH is 2. The van der Waals surface area contributed by atoms with Gasteiger partial charge in [-0.3, -0.25) is 4.79 Å². The van der Waals surface area contributed by atoms with Crippen molar-refractivity contribution in [1.29, 1.82) is 0 Å². The largest absolute Gasteiger partial charge is 0.491 e. The van der Waals surface area contributed by atoms with Gasteiger partial charge in [0.25, 0.3) is 0 Å². The van der Waals surface area contributed by atoms with E-state index in [-0.39, 0.29) is 51.0 Å². The van der Waals surface area contributed by atoms with Gasteiger partial charge in [0.1, 0.15) is 24.6 Å². The van der Waals surface area contributed by atoms with Crippen LogP contribution in [0.3, 0.4) is 0 Å². The quantitative estimate of drug-likeness (QED) is 0.246. The average Bonchev–Trinajstić information content (AvgIpc) is 3.30. The molecule has 2 N–H and O–H groups in total. The van der Waals surface area contributed by atoms with E-state index in [1.165, 1.54) is 7.11 Å². The van der Waals surface area contributed by atoms with Crippen molar-refractivity contribution in [1.82, 2.24) is 0 Å². The summed E-state index contributed by atoms with van der Waals surface area (Å²) in [6.45, 7) is 1.75.